The van der Waals surface area contributed by atoms with Crippen molar-refractivity contribution in [3.63, 3.8) is 0 Å². The number of benzene rings is 1. The van der Waals surface area contributed by atoms with Gasteiger partial charge in [-0.3, -0.25) is 4.90 Å². The molecule has 3 rings (SSSR count). The van der Waals surface area contributed by atoms with Gasteiger partial charge in [0.05, 0.1) is 6.61 Å². The lowest BCUT2D eigenvalue weighted by Gasteiger charge is -2.37. The van der Waals surface area contributed by atoms with Crippen LogP contribution >= 0.6 is 11.6 Å². The number of hydrogen-bond donors (Lipinski definition) is 3. The van der Waals surface area contributed by atoms with Crippen LogP contribution in [0.25, 0.3) is 0 Å². The summed E-state index contributed by atoms with van der Waals surface area (Å²) in [6.45, 7) is 9.02. The van der Waals surface area contributed by atoms with E-state index in [1.54, 1.807) is 0 Å². The topological polar surface area (TPSA) is 64.2 Å². The predicted molar refractivity (Wildman–Crippen MR) is 105 cm³/mol. The summed E-state index contributed by atoms with van der Waals surface area (Å²) in [6.07, 6.45) is 2.84. The quantitative estimate of drug-likeness (QED) is 0.693. The summed E-state index contributed by atoms with van der Waals surface area (Å²) in [5, 5.41) is 14.4. The average molecular weight is 377 g/mol. The van der Waals surface area contributed by atoms with Crippen LogP contribution < -0.4 is 5.32 Å². The van der Waals surface area contributed by atoms with Gasteiger partial charge < -0.3 is 15.4 Å². The number of aryl methyl sites for hydroxylation is 1. The Morgan fingerprint density at radius 3 is 2.69 bits per heavy atom. The first-order chi connectivity index (χ1) is 12.5. The minimum atomic E-state index is -0.198. The first-order valence-electron chi connectivity index (χ1n) is 9.31. The van der Waals surface area contributed by atoms with Crippen LogP contribution in [0.2, 0.25) is 5.02 Å². The van der Waals surface area contributed by atoms with E-state index < -0.39 is 0 Å². The normalized spacial score (nSPS) is 26.5. The zero-order valence-electron chi connectivity index (χ0n) is 15.8. The highest BCUT2D eigenvalue weighted by atomic mass is 35.5. The second kappa shape index (κ2) is 8.09. The summed E-state index contributed by atoms with van der Waals surface area (Å²) in [5.74, 6) is 1.35. The number of rotatable bonds is 7. The Morgan fingerprint density at radius 2 is 2.12 bits per heavy atom. The highest BCUT2D eigenvalue weighted by molar-refractivity contribution is 6.30. The van der Waals surface area contributed by atoms with Crippen molar-refractivity contribution in [3.8, 4) is 0 Å². The lowest BCUT2D eigenvalue weighted by Crippen LogP contribution is -2.45. The maximum Gasteiger partial charge on any atom is 0.103 e. The van der Waals surface area contributed by atoms with Gasteiger partial charge in [0, 0.05) is 41.6 Å². The molecule has 0 spiro atoms. The van der Waals surface area contributed by atoms with Crippen molar-refractivity contribution in [3.05, 3.63) is 52.6 Å². The van der Waals surface area contributed by atoms with Gasteiger partial charge in [0.15, 0.2) is 0 Å². The fraction of sp³-hybridized carbons (Fsp3) is 0.550. The number of aromatic amines is 1. The maximum atomic E-state index is 10.1. The molecule has 3 atom stereocenters. The van der Waals surface area contributed by atoms with Crippen LogP contribution in [0.15, 0.2) is 30.5 Å². The Bertz CT molecular complexity index is 717. The van der Waals surface area contributed by atoms with Gasteiger partial charge in [-0.2, -0.15) is 0 Å². The highest BCUT2D eigenvalue weighted by Crippen LogP contribution is 2.46. The number of likely N-dealkylation sites (N-methyl/N-ethyl adjacent to an activating group) is 1. The molecule has 0 bridgehead atoms. The molecule has 2 aromatic rings. The molecule has 6 heteroatoms. The third kappa shape index (κ3) is 3.96. The van der Waals surface area contributed by atoms with E-state index in [1.807, 2.05) is 25.3 Å². The minimum absolute atomic E-state index is 0.168. The van der Waals surface area contributed by atoms with E-state index in [-0.39, 0.29) is 18.2 Å². The van der Waals surface area contributed by atoms with E-state index in [2.05, 4.69) is 46.2 Å². The minimum Gasteiger partial charge on any atom is -0.394 e. The molecule has 3 N–H and O–H groups in total. The van der Waals surface area contributed by atoms with Crippen molar-refractivity contribution < 1.29 is 5.11 Å². The van der Waals surface area contributed by atoms with Crippen LogP contribution in [-0.4, -0.2) is 45.2 Å². The van der Waals surface area contributed by atoms with Gasteiger partial charge in [-0.05, 0) is 50.4 Å². The standard InChI is InChI=1S/C20H29ClN4O/c1-4-25-19(15-5-7-17(21)8-6-15)16(9-20(25,3)13-26)10-22-11-18-12-23-14(2)24-18/h5-8,12,16,19,22,26H,4,9-11,13H2,1-3H3,(H,23,24)/t16-,19+,20+/m1/s1. The second-order valence-corrected chi connectivity index (χ2v) is 7.96. The molecule has 0 amide bonds. The van der Waals surface area contributed by atoms with E-state index >= 15 is 0 Å². The molecule has 0 aliphatic carbocycles. The van der Waals surface area contributed by atoms with E-state index in [9.17, 15) is 5.11 Å². The first kappa shape index (κ1) is 19.4. The zero-order chi connectivity index (χ0) is 18.7. The Labute approximate surface area is 160 Å². The number of hydrogen-bond acceptors (Lipinski definition) is 4. The average Bonchev–Trinajstić information content (AvgIpc) is 3.17. The van der Waals surface area contributed by atoms with Gasteiger partial charge in [-0.15, -0.1) is 0 Å². The first-order valence-corrected chi connectivity index (χ1v) is 9.69. The largest absolute Gasteiger partial charge is 0.394 e. The van der Waals surface area contributed by atoms with Gasteiger partial charge in [0.25, 0.3) is 0 Å². The van der Waals surface area contributed by atoms with Gasteiger partial charge in [-0.25, -0.2) is 4.98 Å². The van der Waals surface area contributed by atoms with Crippen molar-refractivity contribution in [2.24, 2.45) is 5.92 Å². The third-order valence-electron chi connectivity index (χ3n) is 5.55. The van der Waals surface area contributed by atoms with E-state index in [0.29, 0.717) is 5.92 Å². The predicted octanol–water partition coefficient (Wildman–Crippen LogP) is 3.30. The SMILES string of the molecule is CCN1[C@@H](c2ccc(Cl)cc2)[C@@H](CNCc2cnc(C)[nH]2)C[C@@]1(C)CO. The van der Waals surface area contributed by atoms with Gasteiger partial charge in [0.1, 0.15) is 5.82 Å². The van der Waals surface area contributed by atoms with Crippen LogP contribution in [0.4, 0.5) is 0 Å². The van der Waals surface area contributed by atoms with E-state index in [0.717, 1.165) is 42.6 Å². The van der Waals surface area contributed by atoms with E-state index in [1.165, 1.54) is 5.56 Å². The number of nitrogens with one attached hydrogen (secondary N) is 2. The molecule has 142 valence electrons. The van der Waals surface area contributed by atoms with Crippen molar-refractivity contribution in [1.82, 2.24) is 20.2 Å². The lowest BCUT2D eigenvalue weighted by atomic mass is 9.90. The van der Waals surface area contributed by atoms with Crippen LogP contribution in [0.5, 0.6) is 0 Å². The summed E-state index contributed by atoms with van der Waals surface area (Å²) in [7, 11) is 0. The number of aliphatic hydroxyl groups excluding tert-OH is 1. The van der Waals surface area contributed by atoms with Crippen molar-refractivity contribution in [2.75, 3.05) is 19.7 Å². The summed E-state index contributed by atoms with van der Waals surface area (Å²) in [6, 6.07) is 8.41. The number of aliphatic hydroxyl groups is 1. The Morgan fingerprint density at radius 1 is 1.38 bits per heavy atom. The molecule has 0 unspecified atom stereocenters. The van der Waals surface area contributed by atoms with Crippen LogP contribution in [-0.2, 0) is 6.54 Å². The molecular formula is C20H29ClN4O. The molecule has 1 saturated heterocycles. The summed E-state index contributed by atoms with van der Waals surface area (Å²) in [5.41, 5.74) is 2.16. The molecule has 1 fully saturated rings. The summed E-state index contributed by atoms with van der Waals surface area (Å²) >= 11 is 6.09. The fourth-order valence-corrected chi connectivity index (χ4v) is 4.49. The van der Waals surface area contributed by atoms with Crippen molar-refractivity contribution >= 4 is 11.6 Å². The molecular weight excluding hydrogens is 348 g/mol. The number of halogens is 1. The number of H-pyrrole nitrogens is 1. The number of aromatic nitrogens is 2. The third-order valence-corrected chi connectivity index (χ3v) is 5.80. The van der Waals surface area contributed by atoms with Gasteiger partial charge in [-0.1, -0.05) is 30.7 Å². The van der Waals surface area contributed by atoms with Crippen LogP contribution in [0, 0.1) is 12.8 Å². The summed E-state index contributed by atoms with van der Waals surface area (Å²) in [4.78, 5) is 9.94. The van der Waals surface area contributed by atoms with Crippen LogP contribution in [0.1, 0.15) is 43.4 Å². The van der Waals surface area contributed by atoms with E-state index in [4.69, 9.17) is 11.6 Å². The molecule has 1 aliphatic heterocycles. The number of likely N-dealkylation sites (tertiary alicyclic amines) is 1. The molecule has 2 heterocycles. The second-order valence-electron chi connectivity index (χ2n) is 7.53. The highest BCUT2D eigenvalue weighted by Gasteiger charge is 2.47. The number of nitrogens with zero attached hydrogens (tertiary/aromatic N) is 2. The fourth-order valence-electron chi connectivity index (χ4n) is 4.37. The smallest absolute Gasteiger partial charge is 0.103 e. The molecule has 26 heavy (non-hydrogen) atoms. The zero-order valence-corrected chi connectivity index (χ0v) is 16.6. The molecule has 1 aromatic carbocycles. The Hall–Kier alpha value is -1.40. The van der Waals surface area contributed by atoms with Crippen molar-refractivity contribution in [2.45, 2.75) is 45.3 Å². The summed E-state index contributed by atoms with van der Waals surface area (Å²) < 4.78 is 0. The van der Waals surface area contributed by atoms with Crippen LogP contribution in [0.3, 0.4) is 0 Å². The van der Waals surface area contributed by atoms with Crippen molar-refractivity contribution in [1.29, 1.82) is 0 Å². The molecule has 0 saturated carbocycles. The van der Waals surface area contributed by atoms with Gasteiger partial charge >= 0.3 is 0 Å². The molecule has 1 aromatic heterocycles. The number of imidazole rings is 1. The Kier molecular flexibility index (Phi) is 6.03. The van der Waals surface area contributed by atoms with Gasteiger partial charge in [0.2, 0.25) is 0 Å². The Balaban J connectivity index is 1.77. The molecule has 5 nitrogen and oxygen atoms in total. The molecule has 0 radical (unpaired) electrons. The monoisotopic (exact) mass is 376 g/mol. The lowest BCUT2D eigenvalue weighted by molar-refractivity contribution is 0.0579. The molecule has 1 aliphatic rings. The maximum absolute atomic E-state index is 10.1.